The SMILES string of the molecule is COCCCN(c1ccc(Cl)nn1)[C@@H]1CC[C@H]2CN(C(=O)c3ccc(C(F)F)s3)C[C@H]21. The van der Waals surface area contributed by atoms with Gasteiger partial charge < -0.3 is 14.5 Å². The minimum atomic E-state index is -2.55. The summed E-state index contributed by atoms with van der Waals surface area (Å²) in [6.07, 6.45) is 0.342. The number of methoxy groups -OCH3 is 1. The van der Waals surface area contributed by atoms with Gasteiger partial charge in [-0.05, 0) is 49.4 Å². The van der Waals surface area contributed by atoms with Gasteiger partial charge in [0.05, 0.1) is 9.75 Å². The van der Waals surface area contributed by atoms with E-state index < -0.39 is 6.43 Å². The first kappa shape index (κ1) is 22.4. The molecule has 2 aromatic rings. The van der Waals surface area contributed by atoms with Crippen LogP contribution in [-0.2, 0) is 4.74 Å². The molecule has 31 heavy (non-hydrogen) atoms. The summed E-state index contributed by atoms with van der Waals surface area (Å²) in [5, 5.41) is 8.64. The predicted molar refractivity (Wildman–Crippen MR) is 116 cm³/mol. The number of hydrogen-bond acceptors (Lipinski definition) is 6. The van der Waals surface area contributed by atoms with Crippen molar-refractivity contribution >= 4 is 34.7 Å². The van der Waals surface area contributed by atoms with Crippen LogP contribution < -0.4 is 4.90 Å². The minimum absolute atomic E-state index is 0.0637. The predicted octanol–water partition coefficient (Wildman–Crippen LogP) is 4.52. The zero-order valence-corrected chi connectivity index (χ0v) is 18.8. The van der Waals surface area contributed by atoms with Gasteiger partial charge >= 0.3 is 0 Å². The van der Waals surface area contributed by atoms with E-state index in [0.717, 1.165) is 43.0 Å². The van der Waals surface area contributed by atoms with E-state index in [-0.39, 0.29) is 16.8 Å². The third-order valence-corrected chi connectivity index (χ3v) is 7.50. The molecule has 0 aromatic carbocycles. The first-order valence-corrected chi connectivity index (χ1v) is 11.6. The van der Waals surface area contributed by atoms with Crippen LogP contribution in [0, 0.1) is 11.8 Å². The van der Waals surface area contributed by atoms with Crippen LogP contribution in [0.3, 0.4) is 0 Å². The van der Waals surface area contributed by atoms with Crippen molar-refractivity contribution in [3.05, 3.63) is 39.2 Å². The molecule has 0 bridgehead atoms. The fourth-order valence-corrected chi connectivity index (χ4v) is 5.75. The van der Waals surface area contributed by atoms with Gasteiger partial charge in [0, 0.05) is 45.3 Å². The Kier molecular flexibility index (Phi) is 7.03. The molecule has 0 spiro atoms. The van der Waals surface area contributed by atoms with E-state index in [2.05, 4.69) is 15.1 Å². The number of likely N-dealkylation sites (tertiary alicyclic amines) is 1. The third kappa shape index (κ3) is 4.83. The van der Waals surface area contributed by atoms with Gasteiger partial charge in [0.25, 0.3) is 12.3 Å². The Morgan fingerprint density at radius 3 is 2.81 bits per heavy atom. The van der Waals surface area contributed by atoms with Crippen molar-refractivity contribution in [1.29, 1.82) is 0 Å². The first-order valence-electron chi connectivity index (χ1n) is 10.4. The molecule has 2 aliphatic rings. The Morgan fingerprint density at radius 2 is 2.13 bits per heavy atom. The van der Waals surface area contributed by atoms with Crippen molar-refractivity contribution in [3.8, 4) is 0 Å². The highest BCUT2D eigenvalue weighted by atomic mass is 35.5. The number of halogens is 3. The summed E-state index contributed by atoms with van der Waals surface area (Å²) in [4.78, 5) is 17.3. The lowest BCUT2D eigenvalue weighted by molar-refractivity contribution is 0.0784. The van der Waals surface area contributed by atoms with Gasteiger partial charge in [0.15, 0.2) is 11.0 Å². The number of alkyl halides is 2. The van der Waals surface area contributed by atoms with Crippen molar-refractivity contribution < 1.29 is 18.3 Å². The fraction of sp³-hybridized carbons (Fsp3) is 0.571. The van der Waals surface area contributed by atoms with Gasteiger partial charge in [-0.1, -0.05) is 11.6 Å². The first-order chi connectivity index (χ1) is 15.0. The highest BCUT2D eigenvalue weighted by Crippen LogP contribution is 2.42. The van der Waals surface area contributed by atoms with Gasteiger partial charge in [0.2, 0.25) is 0 Å². The number of aromatic nitrogens is 2. The Hall–Kier alpha value is -1.84. The average Bonchev–Trinajstić information content (AvgIpc) is 3.48. The highest BCUT2D eigenvalue weighted by Gasteiger charge is 2.46. The molecule has 1 amide bonds. The standard InChI is InChI=1S/C21H25ClF2N4O2S/c1-30-10-2-9-28(19-8-7-18(22)25-26-19)15-4-3-13-11-27(12-14(13)15)21(29)17-6-5-16(31-17)20(23)24/h5-8,13-15,20H,2-4,9-12H2,1H3/t13-,14+,15+/m0/s1. The number of anilines is 1. The molecule has 1 saturated carbocycles. The second-order valence-electron chi connectivity index (χ2n) is 8.04. The maximum absolute atomic E-state index is 12.9. The molecule has 0 unspecified atom stereocenters. The van der Waals surface area contributed by atoms with Crippen LogP contribution in [0.25, 0.3) is 0 Å². The maximum atomic E-state index is 12.9. The van der Waals surface area contributed by atoms with Gasteiger partial charge in [-0.2, -0.15) is 0 Å². The average molecular weight is 471 g/mol. The quantitative estimate of drug-likeness (QED) is 0.531. The summed E-state index contributed by atoms with van der Waals surface area (Å²) >= 11 is 6.81. The normalized spacial score (nSPS) is 22.9. The Bertz CT molecular complexity index is 898. The number of carbonyl (C=O) groups excluding carboxylic acids is 1. The van der Waals surface area contributed by atoms with Gasteiger partial charge in [-0.25, -0.2) is 8.78 Å². The molecule has 1 aliphatic carbocycles. The lowest BCUT2D eigenvalue weighted by atomic mass is 9.96. The lowest BCUT2D eigenvalue weighted by Crippen LogP contribution is -2.42. The number of rotatable bonds is 8. The van der Waals surface area contributed by atoms with Crippen molar-refractivity contribution in [2.24, 2.45) is 11.8 Å². The van der Waals surface area contributed by atoms with Crippen LogP contribution in [0.2, 0.25) is 5.15 Å². The minimum Gasteiger partial charge on any atom is -0.385 e. The van der Waals surface area contributed by atoms with Crippen molar-refractivity contribution in [3.63, 3.8) is 0 Å². The van der Waals surface area contributed by atoms with E-state index in [1.54, 1.807) is 13.2 Å². The molecule has 1 saturated heterocycles. The van der Waals surface area contributed by atoms with Crippen molar-refractivity contribution in [2.75, 3.05) is 38.3 Å². The molecule has 10 heteroatoms. The Balaban J connectivity index is 1.49. The number of thiophene rings is 1. The molecule has 2 aromatic heterocycles. The number of ether oxygens (including phenoxy) is 1. The second kappa shape index (κ2) is 9.75. The van der Waals surface area contributed by atoms with Crippen molar-refractivity contribution in [2.45, 2.75) is 31.7 Å². The van der Waals surface area contributed by atoms with Crippen LogP contribution >= 0.6 is 22.9 Å². The van der Waals surface area contributed by atoms with E-state index >= 15 is 0 Å². The number of hydrogen-bond donors (Lipinski definition) is 0. The molecule has 3 heterocycles. The van der Waals surface area contributed by atoms with Crippen LogP contribution in [0.5, 0.6) is 0 Å². The zero-order chi connectivity index (χ0) is 22.0. The third-order valence-electron chi connectivity index (χ3n) is 6.22. The number of nitrogens with zero attached hydrogens (tertiary/aromatic N) is 4. The van der Waals surface area contributed by atoms with Gasteiger partial charge in [0.1, 0.15) is 0 Å². The van der Waals surface area contributed by atoms with Gasteiger partial charge in [-0.3, -0.25) is 4.79 Å². The second-order valence-corrected chi connectivity index (χ2v) is 9.54. The van der Waals surface area contributed by atoms with Crippen molar-refractivity contribution in [1.82, 2.24) is 15.1 Å². The van der Waals surface area contributed by atoms with E-state index in [1.807, 2.05) is 11.0 Å². The smallest absolute Gasteiger partial charge is 0.272 e. The molecule has 4 rings (SSSR count). The summed E-state index contributed by atoms with van der Waals surface area (Å²) in [5.41, 5.74) is 0. The molecule has 3 atom stereocenters. The zero-order valence-electron chi connectivity index (χ0n) is 17.2. The number of fused-ring (bicyclic) bond motifs is 1. The number of carbonyl (C=O) groups is 1. The summed E-state index contributed by atoms with van der Waals surface area (Å²) < 4.78 is 31.1. The van der Waals surface area contributed by atoms with Crippen LogP contribution in [-0.4, -0.2) is 60.4 Å². The summed E-state index contributed by atoms with van der Waals surface area (Å²) in [7, 11) is 1.68. The van der Waals surface area contributed by atoms with Crippen LogP contribution in [0.15, 0.2) is 24.3 Å². The lowest BCUT2D eigenvalue weighted by Gasteiger charge is -2.34. The summed E-state index contributed by atoms with van der Waals surface area (Å²) in [5.74, 6) is 1.32. The topological polar surface area (TPSA) is 58.6 Å². The number of amides is 1. The molecule has 6 nitrogen and oxygen atoms in total. The van der Waals surface area contributed by atoms with E-state index in [9.17, 15) is 13.6 Å². The van der Waals surface area contributed by atoms with Gasteiger partial charge in [-0.15, -0.1) is 21.5 Å². The molecule has 168 valence electrons. The van der Waals surface area contributed by atoms with E-state index in [0.29, 0.717) is 41.6 Å². The molecule has 1 aliphatic heterocycles. The molecular formula is C21H25ClF2N4O2S. The maximum Gasteiger partial charge on any atom is 0.272 e. The molecule has 0 N–H and O–H groups in total. The summed E-state index contributed by atoms with van der Waals surface area (Å²) in [6.45, 7) is 2.71. The molecule has 0 radical (unpaired) electrons. The van der Waals surface area contributed by atoms with Crippen LogP contribution in [0.1, 0.15) is 40.2 Å². The molecular weight excluding hydrogens is 446 g/mol. The van der Waals surface area contributed by atoms with E-state index in [1.165, 1.54) is 12.1 Å². The monoisotopic (exact) mass is 470 g/mol. The molecule has 2 fully saturated rings. The largest absolute Gasteiger partial charge is 0.385 e. The summed E-state index contributed by atoms with van der Waals surface area (Å²) in [6, 6.07) is 6.71. The van der Waals surface area contributed by atoms with Crippen LogP contribution in [0.4, 0.5) is 14.6 Å². The fourth-order valence-electron chi connectivity index (χ4n) is 4.82. The highest BCUT2D eigenvalue weighted by molar-refractivity contribution is 7.14. The van der Waals surface area contributed by atoms with E-state index in [4.69, 9.17) is 16.3 Å². The Morgan fingerprint density at radius 1 is 1.29 bits per heavy atom. The Labute approximate surface area is 189 Å².